The molecule has 6 nitrogen and oxygen atoms in total. The van der Waals surface area contributed by atoms with Crippen molar-refractivity contribution in [3.8, 4) is 0 Å². The van der Waals surface area contributed by atoms with Crippen LogP contribution in [0.4, 0.5) is 4.39 Å². The van der Waals surface area contributed by atoms with Gasteiger partial charge in [-0.15, -0.1) is 0 Å². The summed E-state index contributed by atoms with van der Waals surface area (Å²) < 4.78 is 15.0. The molecule has 3 aromatic rings. The molecule has 2 N–H and O–H groups in total. The molecule has 3 rings (SSSR count). The summed E-state index contributed by atoms with van der Waals surface area (Å²) in [6.45, 7) is 0.0813. The van der Waals surface area contributed by atoms with Gasteiger partial charge in [-0.05, 0) is 24.3 Å². The van der Waals surface area contributed by atoms with E-state index in [9.17, 15) is 18.8 Å². The number of carbonyl (C=O) groups excluding carboxylic acids is 1. The van der Waals surface area contributed by atoms with Crippen molar-refractivity contribution in [2.24, 2.45) is 0 Å². The SMILES string of the molecule is O=C(NCCn1c(=O)c(=O)[nH]c2ccccc21)c1c(F)cccc1Cl. The maximum absolute atomic E-state index is 13.7. The van der Waals surface area contributed by atoms with Crippen LogP contribution in [0.2, 0.25) is 5.02 Å². The van der Waals surface area contributed by atoms with Gasteiger partial charge in [-0.25, -0.2) is 4.39 Å². The Kier molecular flexibility index (Phi) is 4.67. The van der Waals surface area contributed by atoms with Crippen LogP contribution in [-0.4, -0.2) is 22.0 Å². The van der Waals surface area contributed by atoms with Crippen LogP contribution in [0, 0.1) is 5.82 Å². The molecule has 0 unspecified atom stereocenters. The van der Waals surface area contributed by atoms with E-state index in [-0.39, 0.29) is 23.7 Å². The van der Waals surface area contributed by atoms with E-state index in [1.165, 1.54) is 16.7 Å². The molecular weight excluding hydrogens is 349 g/mol. The largest absolute Gasteiger partial charge is 0.350 e. The number of benzene rings is 2. The topological polar surface area (TPSA) is 84.0 Å². The number of halogens is 2. The van der Waals surface area contributed by atoms with Crippen molar-refractivity contribution in [1.82, 2.24) is 14.9 Å². The zero-order valence-corrected chi connectivity index (χ0v) is 13.6. The number of para-hydroxylation sites is 2. The van der Waals surface area contributed by atoms with Gasteiger partial charge >= 0.3 is 11.1 Å². The average Bonchev–Trinajstić information content (AvgIpc) is 2.58. The number of rotatable bonds is 4. The second-order valence-electron chi connectivity index (χ2n) is 5.28. The quantitative estimate of drug-likeness (QED) is 0.696. The minimum absolute atomic E-state index is 0.00345. The fourth-order valence-corrected chi connectivity index (χ4v) is 2.78. The number of H-pyrrole nitrogens is 1. The monoisotopic (exact) mass is 361 g/mol. The summed E-state index contributed by atoms with van der Waals surface area (Å²) in [6.07, 6.45) is 0. The molecule has 0 bridgehead atoms. The summed E-state index contributed by atoms with van der Waals surface area (Å²) in [7, 11) is 0. The standard InChI is InChI=1S/C17H13ClFN3O3/c18-10-4-3-5-11(19)14(10)15(23)20-8-9-22-13-7-2-1-6-12(13)21-16(24)17(22)25/h1-7H,8-9H2,(H,20,23)(H,21,24). The summed E-state index contributed by atoms with van der Waals surface area (Å²) in [5.74, 6) is -1.42. The predicted octanol–water partition coefficient (Wildman–Crippen LogP) is 1.91. The van der Waals surface area contributed by atoms with E-state index in [0.29, 0.717) is 11.0 Å². The Labute approximate surface area is 145 Å². The zero-order chi connectivity index (χ0) is 18.0. The zero-order valence-electron chi connectivity index (χ0n) is 12.9. The number of aromatic amines is 1. The number of hydrogen-bond acceptors (Lipinski definition) is 3. The lowest BCUT2D eigenvalue weighted by Gasteiger charge is -2.11. The van der Waals surface area contributed by atoms with Crippen molar-refractivity contribution in [1.29, 1.82) is 0 Å². The molecule has 0 saturated carbocycles. The molecule has 0 saturated heterocycles. The molecular formula is C17H13ClFN3O3. The van der Waals surface area contributed by atoms with E-state index in [1.807, 2.05) is 0 Å². The third-order valence-electron chi connectivity index (χ3n) is 3.69. The molecule has 8 heteroatoms. The lowest BCUT2D eigenvalue weighted by molar-refractivity contribution is 0.0948. The van der Waals surface area contributed by atoms with E-state index in [2.05, 4.69) is 10.3 Å². The van der Waals surface area contributed by atoms with Gasteiger partial charge in [0.1, 0.15) is 5.82 Å². The predicted molar refractivity (Wildman–Crippen MR) is 92.6 cm³/mol. The molecule has 0 fully saturated rings. The highest BCUT2D eigenvalue weighted by atomic mass is 35.5. The van der Waals surface area contributed by atoms with Gasteiger partial charge in [-0.1, -0.05) is 29.8 Å². The van der Waals surface area contributed by atoms with Gasteiger partial charge in [0.2, 0.25) is 0 Å². The highest BCUT2D eigenvalue weighted by molar-refractivity contribution is 6.33. The highest BCUT2D eigenvalue weighted by Gasteiger charge is 2.15. The normalized spacial score (nSPS) is 10.8. The van der Waals surface area contributed by atoms with E-state index in [4.69, 9.17) is 11.6 Å². The molecule has 1 aromatic heterocycles. The van der Waals surface area contributed by atoms with Gasteiger partial charge in [0.05, 0.1) is 21.6 Å². The molecule has 1 amide bonds. The highest BCUT2D eigenvalue weighted by Crippen LogP contribution is 2.18. The minimum atomic E-state index is -0.748. The number of carbonyl (C=O) groups is 1. The van der Waals surface area contributed by atoms with Crippen molar-refractivity contribution in [2.75, 3.05) is 6.54 Å². The lowest BCUT2D eigenvalue weighted by atomic mass is 10.2. The second-order valence-corrected chi connectivity index (χ2v) is 5.69. The van der Waals surface area contributed by atoms with Crippen LogP contribution in [0.15, 0.2) is 52.1 Å². The Hall–Kier alpha value is -2.93. The third kappa shape index (κ3) is 3.32. The van der Waals surface area contributed by atoms with Crippen LogP contribution in [0.25, 0.3) is 11.0 Å². The summed E-state index contributed by atoms with van der Waals surface area (Å²) in [6, 6.07) is 10.8. The van der Waals surface area contributed by atoms with Crippen LogP contribution >= 0.6 is 11.6 Å². The molecule has 0 radical (unpaired) electrons. The molecule has 2 aromatic carbocycles. The maximum atomic E-state index is 13.7. The number of fused-ring (bicyclic) bond motifs is 1. The van der Waals surface area contributed by atoms with Gasteiger partial charge in [-0.3, -0.25) is 14.4 Å². The van der Waals surface area contributed by atoms with Crippen molar-refractivity contribution in [2.45, 2.75) is 6.54 Å². The molecule has 128 valence electrons. The van der Waals surface area contributed by atoms with E-state index < -0.39 is 22.8 Å². The summed E-state index contributed by atoms with van der Waals surface area (Å²) >= 11 is 5.84. The average molecular weight is 362 g/mol. The first kappa shape index (κ1) is 16.9. The van der Waals surface area contributed by atoms with Crippen LogP contribution in [0.3, 0.4) is 0 Å². The fourth-order valence-electron chi connectivity index (χ4n) is 2.53. The summed E-state index contributed by atoms with van der Waals surface area (Å²) in [5.41, 5.74) is -0.688. The first-order valence-corrected chi connectivity index (χ1v) is 7.81. The van der Waals surface area contributed by atoms with Gasteiger partial charge in [0.15, 0.2) is 0 Å². The van der Waals surface area contributed by atoms with Crippen molar-refractivity contribution in [3.05, 3.63) is 79.6 Å². The van der Waals surface area contributed by atoms with Crippen molar-refractivity contribution >= 4 is 28.5 Å². The Morgan fingerprint density at radius 3 is 2.68 bits per heavy atom. The van der Waals surface area contributed by atoms with Crippen LogP contribution < -0.4 is 16.4 Å². The van der Waals surface area contributed by atoms with Crippen LogP contribution in [0.5, 0.6) is 0 Å². The molecule has 1 heterocycles. The first-order chi connectivity index (χ1) is 12.0. The summed E-state index contributed by atoms with van der Waals surface area (Å²) in [5, 5.41) is 2.50. The molecule has 0 aliphatic carbocycles. The van der Waals surface area contributed by atoms with Gasteiger partial charge in [0.25, 0.3) is 5.91 Å². The van der Waals surface area contributed by atoms with Crippen LogP contribution in [0.1, 0.15) is 10.4 Å². The van der Waals surface area contributed by atoms with E-state index >= 15 is 0 Å². The smallest absolute Gasteiger partial charge is 0.316 e. The molecule has 0 aliphatic heterocycles. The minimum Gasteiger partial charge on any atom is -0.350 e. The van der Waals surface area contributed by atoms with Gasteiger partial charge in [0, 0.05) is 13.1 Å². The van der Waals surface area contributed by atoms with E-state index in [1.54, 1.807) is 24.3 Å². The van der Waals surface area contributed by atoms with E-state index in [0.717, 1.165) is 6.07 Å². The van der Waals surface area contributed by atoms with Crippen LogP contribution in [-0.2, 0) is 6.54 Å². The Morgan fingerprint density at radius 2 is 1.92 bits per heavy atom. The fraction of sp³-hybridized carbons (Fsp3) is 0.118. The maximum Gasteiger partial charge on any atom is 0.316 e. The number of hydrogen-bond donors (Lipinski definition) is 2. The molecule has 0 atom stereocenters. The second kappa shape index (κ2) is 6.90. The number of nitrogens with zero attached hydrogens (tertiary/aromatic N) is 1. The van der Waals surface area contributed by atoms with Gasteiger partial charge in [-0.2, -0.15) is 0 Å². The van der Waals surface area contributed by atoms with Gasteiger partial charge < -0.3 is 14.9 Å². The Balaban J connectivity index is 1.82. The Morgan fingerprint density at radius 1 is 1.16 bits per heavy atom. The Bertz CT molecular complexity index is 1050. The van der Waals surface area contributed by atoms with Crippen molar-refractivity contribution < 1.29 is 9.18 Å². The third-order valence-corrected chi connectivity index (χ3v) is 4.01. The van der Waals surface area contributed by atoms with Crippen molar-refractivity contribution in [3.63, 3.8) is 0 Å². The number of nitrogens with one attached hydrogen (secondary N) is 2. The molecule has 0 aliphatic rings. The molecule has 0 spiro atoms. The lowest BCUT2D eigenvalue weighted by Crippen LogP contribution is -2.39. The molecule has 25 heavy (non-hydrogen) atoms. The number of aromatic nitrogens is 2. The summed E-state index contributed by atoms with van der Waals surface area (Å²) in [4.78, 5) is 38.4. The first-order valence-electron chi connectivity index (χ1n) is 7.43. The number of amides is 1.